The summed E-state index contributed by atoms with van der Waals surface area (Å²) >= 11 is 0. The van der Waals surface area contributed by atoms with E-state index in [2.05, 4.69) is 6.92 Å². The number of rotatable bonds is 1. The van der Waals surface area contributed by atoms with Crippen LogP contribution in [-0.2, 0) is 4.79 Å². The van der Waals surface area contributed by atoms with E-state index < -0.39 is 11.4 Å². The number of carboxylic acids is 1. The largest absolute Gasteiger partial charge is 0.481 e. The Hall–Kier alpha value is -0.530. The Kier molecular flexibility index (Phi) is 2.13. The molecule has 2 saturated carbocycles. The van der Waals surface area contributed by atoms with E-state index in [1.807, 2.05) is 6.92 Å². The zero-order valence-corrected chi connectivity index (χ0v) is 9.18. The average Bonchev–Trinajstić information content (AvgIpc) is 2.36. The molecule has 2 nitrogen and oxygen atoms in total. The maximum Gasteiger partial charge on any atom is 0.309 e. The number of hydrogen-bond donors (Lipinski definition) is 1. The van der Waals surface area contributed by atoms with Crippen molar-refractivity contribution in [2.24, 2.45) is 16.7 Å². The fourth-order valence-corrected chi connectivity index (χ4v) is 3.72. The van der Waals surface area contributed by atoms with Crippen LogP contribution in [0.3, 0.4) is 0 Å². The van der Waals surface area contributed by atoms with Crippen LogP contribution < -0.4 is 0 Å². The number of fused-ring (bicyclic) bond motifs is 1. The van der Waals surface area contributed by atoms with E-state index in [1.165, 1.54) is 25.7 Å². The number of carbonyl (C=O) groups is 1. The van der Waals surface area contributed by atoms with Gasteiger partial charge in [0.1, 0.15) is 0 Å². The first kappa shape index (κ1) is 10.0. The summed E-state index contributed by atoms with van der Waals surface area (Å²) in [6.45, 7) is 4.23. The highest BCUT2D eigenvalue weighted by Crippen LogP contribution is 2.59. The van der Waals surface area contributed by atoms with Gasteiger partial charge in [0.15, 0.2) is 0 Å². The Balaban J connectivity index is 2.21. The molecule has 0 saturated heterocycles. The van der Waals surface area contributed by atoms with Gasteiger partial charge in [0.25, 0.3) is 0 Å². The molecule has 0 heterocycles. The predicted octanol–water partition coefficient (Wildman–Crippen LogP) is 3.07. The first-order valence-corrected chi connectivity index (χ1v) is 5.70. The SMILES string of the molecule is CC1(C(=O)O)CC2CCCCC2(C)C1. The van der Waals surface area contributed by atoms with Gasteiger partial charge in [-0.2, -0.15) is 0 Å². The molecule has 0 aliphatic heterocycles. The molecule has 14 heavy (non-hydrogen) atoms. The van der Waals surface area contributed by atoms with Crippen LogP contribution in [0.1, 0.15) is 52.4 Å². The fraction of sp³-hybridized carbons (Fsp3) is 0.917. The summed E-state index contributed by atoms with van der Waals surface area (Å²) in [7, 11) is 0. The summed E-state index contributed by atoms with van der Waals surface area (Å²) in [4.78, 5) is 11.2. The third kappa shape index (κ3) is 1.35. The molecule has 1 N–H and O–H groups in total. The van der Waals surface area contributed by atoms with Crippen molar-refractivity contribution in [2.45, 2.75) is 52.4 Å². The van der Waals surface area contributed by atoms with Crippen LogP contribution in [-0.4, -0.2) is 11.1 Å². The predicted molar refractivity (Wildman–Crippen MR) is 55.0 cm³/mol. The van der Waals surface area contributed by atoms with Crippen molar-refractivity contribution in [2.75, 3.05) is 0 Å². The first-order valence-electron chi connectivity index (χ1n) is 5.70. The maximum absolute atomic E-state index is 11.2. The Morgan fingerprint density at radius 3 is 2.64 bits per heavy atom. The summed E-state index contributed by atoms with van der Waals surface area (Å²) in [5.74, 6) is 0.0745. The molecule has 2 aliphatic rings. The molecule has 0 radical (unpaired) electrons. The van der Waals surface area contributed by atoms with Gasteiger partial charge in [-0.05, 0) is 43.9 Å². The molecule has 0 spiro atoms. The van der Waals surface area contributed by atoms with Crippen molar-refractivity contribution in [1.29, 1.82) is 0 Å². The molecule has 2 aliphatic carbocycles. The molecule has 80 valence electrons. The quantitative estimate of drug-likeness (QED) is 0.699. The van der Waals surface area contributed by atoms with Gasteiger partial charge in [-0.3, -0.25) is 4.79 Å². The van der Waals surface area contributed by atoms with Crippen molar-refractivity contribution < 1.29 is 9.90 Å². The highest BCUT2D eigenvalue weighted by atomic mass is 16.4. The average molecular weight is 196 g/mol. The standard InChI is InChI=1S/C12H20O2/c1-11-6-4-3-5-9(11)7-12(2,8-11)10(13)14/h9H,3-8H2,1-2H3,(H,13,14). The van der Waals surface area contributed by atoms with Gasteiger partial charge in [-0.25, -0.2) is 0 Å². The van der Waals surface area contributed by atoms with Gasteiger partial charge < -0.3 is 5.11 Å². The lowest BCUT2D eigenvalue weighted by Crippen LogP contribution is -2.27. The molecule has 0 aromatic carbocycles. The van der Waals surface area contributed by atoms with Crippen molar-refractivity contribution in [3.05, 3.63) is 0 Å². The summed E-state index contributed by atoms with van der Waals surface area (Å²) in [5.41, 5.74) is -0.116. The fourth-order valence-electron chi connectivity index (χ4n) is 3.72. The van der Waals surface area contributed by atoms with Gasteiger partial charge >= 0.3 is 5.97 Å². The van der Waals surface area contributed by atoms with E-state index >= 15 is 0 Å². The Labute approximate surface area is 85.7 Å². The van der Waals surface area contributed by atoms with Crippen LogP contribution >= 0.6 is 0 Å². The van der Waals surface area contributed by atoms with Gasteiger partial charge in [0.2, 0.25) is 0 Å². The smallest absolute Gasteiger partial charge is 0.309 e. The molecule has 0 bridgehead atoms. The molecular weight excluding hydrogens is 176 g/mol. The van der Waals surface area contributed by atoms with Gasteiger partial charge in [-0.15, -0.1) is 0 Å². The highest BCUT2D eigenvalue weighted by molar-refractivity contribution is 5.74. The number of aliphatic carboxylic acids is 1. The van der Waals surface area contributed by atoms with Crippen LogP contribution in [0.25, 0.3) is 0 Å². The minimum absolute atomic E-state index is 0.325. The Morgan fingerprint density at radius 2 is 2.07 bits per heavy atom. The molecule has 2 rings (SSSR count). The molecule has 0 amide bonds. The van der Waals surface area contributed by atoms with E-state index in [-0.39, 0.29) is 0 Å². The van der Waals surface area contributed by atoms with Crippen molar-refractivity contribution in [3.63, 3.8) is 0 Å². The lowest BCUT2D eigenvalue weighted by atomic mass is 9.69. The summed E-state index contributed by atoms with van der Waals surface area (Å²) in [6.07, 6.45) is 6.87. The minimum Gasteiger partial charge on any atom is -0.481 e. The normalized spacial score (nSPS) is 47.4. The van der Waals surface area contributed by atoms with Gasteiger partial charge in [-0.1, -0.05) is 19.8 Å². The van der Waals surface area contributed by atoms with Gasteiger partial charge in [0, 0.05) is 0 Å². The second kappa shape index (κ2) is 2.98. The molecule has 2 heteroatoms. The topological polar surface area (TPSA) is 37.3 Å². The summed E-state index contributed by atoms with van der Waals surface area (Å²) in [5, 5.41) is 9.23. The molecule has 3 unspecified atom stereocenters. The molecule has 0 aromatic rings. The molecule has 3 atom stereocenters. The van der Waals surface area contributed by atoms with Crippen molar-refractivity contribution in [1.82, 2.24) is 0 Å². The first-order chi connectivity index (χ1) is 6.46. The third-order valence-electron chi connectivity index (χ3n) is 4.54. The molecular formula is C12H20O2. The minimum atomic E-state index is -0.590. The maximum atomic E-state index is 11.2. The highest BCUT2D eigenvalue weighted by Gasteiger charge is 2.53. The summed E-state index contributed by atoms with van der Waals surface area (Å²) in [6, 6.07) is 0. The lowest BCUT2D eigenvalue weighted by molar-refractivity contribution is -0.148. The molecule has 2 fully saturated rings. The van der Waals surface area contributed by atoms with Crippen LogP contribution in [0.15, 0.2) is 0 Å². The Morgan fingerprint density at radius 1 is 1.36 bits per heavy atom. The van der Waals surface area contributed by atoms with Crippen LogP contribution in [0.4, 0.5) is 0 Å². The summed E-state index contributed by atoms with van der Waals surface area (Å²) < 4.78 is 0. The number of carboxylic acid groups (broad SMARTS) is 1. The molecule has 0 aromatic heterocycles. The monoisotopic (exact) mass is 196 g/mol. The van der Waals surface area contributed by atoms with Crippen LogP contribution in [0, 0.1) is 16.7 Å². The van der Waals surface area contributed by atoms with E-state index in [9.17, 15) is 9.90 Å². The van der Waals surface area contributed by atoms with E-state index in [1.54, 1.807) is 0 Å². The van der Waals surface area contributed by atoms with E-state index in [0.29, 0.717) is 11.3 Å². The Bertz CT molecular complexity index is 261. The van der Waals surface area contributed by atoms with Crippen LogP contribution in [0.2, 0.25) is 0 Å². The lowest BCUT2D eigenvalue weighted by Gasteiger charge is -2.36. The zero-order valence-electron chi connectivity index (χ0n) is 9.18. The number of hydrogen-bond acceptors (Lipinski definition) is 1. The third-order valence-corrected chi connectivity index (χ3v) is 4.54. The van der Waals surface area contributed by atoms with Crippen molar-refractivity contribution >= 4 is 5.97 Å². The van der Waals surface area contributed by atoms with Crippen molar-refractivity contribution in [3.8, 4) is 0 Å². The zero-order chi connectivity index (χ0) is 10.4. The van der Waals surface area contributed by atoms with Crippen LogP contribution in [0.5, 0.6) is 0 Å². The second-order valence-corrected chi connectivity index (χ2v) is 5.84. The van der Waals surface area contributed by atoms with Gasteiger partial charge in [0.05, 0.1) is 5.41 Å². The van der Waals surface area contributed by atoms with E-state index in [4.69, 9.17) is 0 Å². The second-order valence-electron chi connectivity index (χ2n) is 5.84. The van der Waals surface area contributed by atoms with E-state index in [0.717, 1.165) is 12.8 Å².